The van der Waals surface area contributed by atoms with Gasteiger partial charge in [-0.1, -0.05) is 26.3 Å². The molecule has 3 nitrogen and oxygen atoms in total. The van der Waals surface area contributed by atoms with Gasteiger partial charge in [0, 0.05) is 17.5 Å². The van der Waals surface area contributed by atoms with E-state index in [4.69, 9.17) is 10.6 Å². The van der Waals surface area contributed by atoms with E-state index in [1.54, 1.807) is 11.1 Å². The highest BCUT2D eigenvalue weighted by Crippen LogP contribution is 2.65. The molecule has 4 aliphatic rings. The fourth-order valence-corrected chi connectivity index (χ4v) is 7.20. The molecule has 0 spiro atoms. The first kappa shape index (κ1) is 18.1. The van der Waals surface area contributed by atoms with Crippen LogP contribution in [0.15, 0.2) is 28.1 Å². The number of hydrogen-bond acceptors (Lipinski definition) is 3. The zero-order valence-corrected chi connectivity index (χ0v) is 17.1. The number of nitrogens with two attached hydrogens (primary N) is 1. The lowest BCUT2D eigenvalue weighted by molar-refractivity contribution is -0.00486. The second-order valence-corrected chi connectivity index (χ2v) is 9.48. The van der Waals surface area contributed by atoms with Gasteiger partial charge in [0.05, 0.1) is 12.4 Å². The van der Waals surface area contributed by atoms with Gasteiger partial charge in [-0.15, -0.1) is 0 Å². The first-order chi connectivity index (χ1) is 12.5. The zero-order chi connectivity index (χ0) is 18.5. The first-order valence-electron chi connectivity index (χ1n) is 10.8. The highest BCUT2D eigenvalue weighted by atomic mass is 16.5. The standard InChI is InChI=1S/C23H36N2O/c1-5-15-13-17-18-7-8-21(25-24)23(18,4)12-10-19(17)22(3)11-9-16(26-6-2)14-20(15)22/h14,17-19H,5-13,24H2,1-4H3/t17-,18-,19-,22+,23-/m0/s1. The molecule has 2 fully saturated rings. The van der Waals surface area contributed by atoms with E-state index >= 15 is 0 Å². The lowest BCUT2D eigenvalue weighted by Crippen LogP contribution is -2.50. The van der Waals surface area contributed by atoms with Crippen molar-refractivity contribution in [3.63, 3.8) is 0 Å². The Morgan fingerprint density at radius 1 is 1.12 bits per heavy atom. The minimum Gasteiger partial charge on any atom is -0.498 e. The molecule has 4 rings (SSSR count). The third-order valence-electron chi connectivity index (χ3n) is 8.58. The molecule has 0 aliphatic heterocycles. The summed E-state index contributed by atoms with van der Waals surface area (Å²) < 4.78 is 5.92. The molecule has 0 saturated heterocycles. The molecule has 144 valence electrons. The molecule has 0 aromatic rings. The Balaban J connectivity index is 1.75. The fraction of sp³-hybridized carbons (Fsp3) is 0.783. The van der Waals surface area contributed by atoms with Crippen LogP contribution in [0.2, 0.25) is 0 Å². The largest absolute Gasteiger partial charge is 0.498 e. The Kier molecular flexibility index (Phi) is 4.48. The van der Waals surface area contributed by atoms with Crippen LogP contribution in [0, 0.1) is 28.6 Å². The molecule has 0 heterocycles. The van der Waals surface area contributed by atoms with Crippen molar-refractivity contribution >= 4 is 5.71 Å². The van der Waals surface area contributed by atoms with Crippen molar-refractivity contribution in [3.8, 4) is 0 Å². The molecule has 3 heteroatoms. The first-order valence-corrected chi connectivity index (χ1v) is 10.8. The molecule has 4 aliphatic carbocycles. The molecule has 0 aromatic carbocycles. The van der Waals surface area contributed by atoms with Crippen molar-refractivity contribution in [1.29, 1.82) is 0 Å². The lowest BCUT2D eigenvalue weighted by atomic mass is 9.47. The molecule has 2 N–H and O–H groups in total. The number of hydrogen-bond donors (Lipinski definition) is 1. The van der Waals surface area contributed by atoms with E-state index in [0.717, 1.165) is 37.2 Å². The van der Waals surface area contributed by atoms with E-state index < -0.39 is 0 Å². The molecular weight excluding hydrogens is 320 g/mol. The van der Waals surface area contributed by atoms with Crippen LogP contribution < -0.4 is 5.84 Å². The summed E-state index contributed by atoms with van der Waals surface area (Å²) in [5.74, 6) is 9.37. The highest BCUT2D eigenvalue weighted by molar-refractivity contribution is 5.92. The maximum Gasteiger partial charge on any atom is 0.0962 e. The fourth-order valence-electron chi connectivity index (χ4n) is 7.20. The van der Waals surface area contributed by atoms with Gasteiger partial charge >= 0.3 is 0 Å². The highest BCUT2D eigenvalue weighted by Gasteiger charge is 2.58. The van der Waals surface area contributed by atoms with Gasteiger partial charge < -0.3 is 10.6 Å². The summed E-state index contributed by atoms with van der Waals surface area (Å²) in [6, 6.07) is 0. The number of ether oxygens (including phenoxy) is 1. The summed E-state index contributed by atoms with van der Waals surface area (Å²) in [7, 11) is 0. The number of fused-ring (bicyclic) bond motifs is 5. The maximum atomic E-state index is 5.92. The van der Waals surface area contributed by atoms with Crippen molar-refractivity contribution in [3.05, 3.63) is 23.0 Å². The summed E-state index contributed by atoms with van der Waals surface area (Å²) in [5.41, 5.74) is 5.20. The molecule has 0 radical (unpaired) electrons. The monoisotopic (exact) mass is 356 g/mol. The number of allylic oxidation sites excluding steroid dienone is 4. The summed E-state index contributed by atoms with van der Waals surface area (Å²) in [6.45, 7) is 10.2. The van der Waals surface area contributed by atoms with Crippen LogP contribution >= 0.6 is 0 Å². The predicted octanol–water partition coefficient (Wildman–Crippen LogP) is 5.57. The van der Waals surface area contributed by atoms with E-state index in [1.165, 1.54) is 50.0 Å². The van der Waals surface area contributed by atoms with Gasteiger partial charge in [0.1, 0.15) is 0 Å². The van der Waals surface area contributed by atoms with E-state index in [9.17, 15) is 0 Å². The van der Waals surface area contributed by atoms with Crippen molar-refractivity contribution in [2.45, 2.75) is 79.1 Å². The van der Waals surface area contributed by atoms with E-state index in [0.29, 0.717) is 5.41 Å². The van der Waals surface area contributed by atoms with Crippen molar-refractivity contribution in [1.82, 2.24) is 0 Å². The number of rotatable bonds is 3. The topological polar surface area (TPSA) is 47.6 Å². The molecular formula is C23H36N2O. The normalized spacial score (nSPS) is 43.6. The molecule has 0 aromatic heterocycles. The molecule has 5 atom stereocenters. The smallest absolute Gasteiger partial charge is 0.0962 e. The average Bonchev–Trinajstić information content (AvgIpc) is 2.98. The Morgan fingerprint density at radius 2 is 1.88 bits per heavy atom. The number of nitrogens with zero attached hydrogens (tertiary/aromatic N) is 1. The summed E-state index contributed by atoms with van der Waals surface area (Å²) in [4.78, 5) is 0. The quantitative estimate of drug-likeness (QED) is 0.530. The van der Waals surface area contributed by atoms with Gasteiger partial charge in [-0.05, 0) is 86.7 Å². The second-order valence-electron chi connectivity index (χ2n) is 9.48. The van der Waals surface area contributed by atoms with E-state index in [1.807, 2.05) is 0 Å². The van der Waals surface area contributed by atoms with Crippen molar-refractivity contribution < 1.29 is 4.74 Å². The van der Waals surface area contributed by atoms with Gasteiger partial charge in [-0.2, -0.15) is 5.10 Å². The van der Waals surface area contributed by atoms with Crippen LogP contribution in [0.5, 0.6) is 0 Å². The third-order valence-corrected chi connectivity index (χ3v) is 8.58. The minimum atomic E-state index is 0.254. The van der Waals surface area contributed by atoms with Crippen LogP contribution in [-0.4, -0.2) is 12.3 Å². The zero-order valence-electron chi connectivity index (χ0n) is 17.1. The lowest BCUT2D eigenvalue weighted by Gasteiger charge is -2.57. The molecule has 0 bridgehead atoms. The van der Waals surface area contributed by atoms with Crippen LogP contribution in [0.4, 0.5) is 0 Å². The molecule has 26 heavy (non-hydrogen) atoms. The SMILES string of the molecule is CCOC1=CC2=C(CC)C[C@@H]3[C@H](CC[C@]4(C)C(=NN)CC[C@@H]34)[C@@]2(C)CC1. The van der Waals surface area contributed by atoms with Crippen molar-refractivity contribution in [2.24, 2.45) is 39.5 Å². The Hall–Kier alpha value is -1.25. The minimum absolute atomic E-state index is 0.254. The second kappa shape index (κ2) is 6.42. The van der Waals surface area contributed by atoms with Gasteiger partial charge in [0.25, 0.3) is 0 Å². The molecule has 2 saturated carbocycles. The maximum absolute atomic E-state index is 5.92. The average molecular weight is 357 g/mol. The van der Waals surface area contributed by atoms with E-state index in [2.05, 4.69) is 38.9 Å². The van der Waals surface area contributed by atoms with Crippen LogP contribution in [0.1, 0.15) is 79.1 Å². The van der Waals surface area contributed by atoms with Gasteiger partial charge in [-0.25, -0.2) is 0 Å². The summed E-state index contributed by atoms with van der Waals surface area (Å²) in [5, 5.41) is 4.23. The Labute approximate surface area is 159 Å². The van der Waals surface area contributed by atoms with Gasteiger partial charge in [-0.3, -0.25) is 0 Å². The Bertz CT molecular complexity index is 676. The molecule has 0 amide bonds. The third kappa shape index (κ3) is 2.42. The van der Waals surface area contributed by atoms with E-state index in [-0.39, 0.29) is 5.41 Å². The van der Waals surface area contributed by atoms with Crippen molar-refractivity contribution in [2.75, 3.05) is 6.61 Å². The molecule has 0 unspecified atom stereocenters. The van der Waals surface area contributed by atoms with Crippen LogP contribution in [-0.2, 0) is 4.74 Å². The Morgan fingerprint density at radius 3 is 2.58 bits per heavy atom. The predicted molar refractivity (Wildman–Crippen MR) is 108 cm³/mol. The van der Waals surface area contributed by atoms with Gasteiger partial charge in [0.2, 0.25) is 0 Å². The van der Waals surface area contributed by atoms with Crippen LogP contribution in [0.25, 0.3) is 0 Å². The van der Waals surface area contributed by atoms with Crippen LogP contribution in [0.3, 0.4) is 0 Å². The summed E-state index contributed by atoms with van der Waals surface area (Å²) in [6.07, 6.45) is 12.2. The number of hydrazone groups is 1. The van der Waals surface area contributed by atoms with Gasteiger partial charge in [0.15, 0.2) is 0 Å². The summed E-state index contributed by atoms with van der Waals surface area (Å²) >= 11 is 0.